The van der Waals surface area contributed by atoms with E-state index >= 15 is 0 Å². The van der Waals surface area contributed by atoms with Gasteiger partial charge >= 0.3 is 41.8 Å². The number of carbonyl (C=O) groups is 8. The zero-order valence-corrected chi connectivity index (χ0v) is 73.2. The van der Waals surface area contributed by atoms with Gasteiger partial charge in [0.1, 0.15) is 38.3 Å². The predicted molar refractivity (Wildman–Crippen MR) is 453 cm³/mol. The number of Topliss-reactive ketones (excluding diaryl/α,β-unsaturated/α-hetero) is 1. The van der Waals surface area contributed by atoms with Crippen LogP contribution in [0.2, 0.25) is 0 Å². The van der Waals surface area contributed by atoms with Gasteiger partial charge in [-0.2, -0.15) is 0 Å². The number of rotatable bonds is 67. The first kappa shape index (κ1) is 108. The van der Waals surface area contributed by atoms with Gasteiger partial charge in [0.05, 0.1) is 15.5 Å². The topological polar surface area (TPSA) is 232 Å². The average Bonchev–Trinajstić information content (AvgIpc) is 0.989. The van der Waals surface area contributed by atoms with E-state index in [-0.39, 0.29) is 65.1 Å². The fourth-order valence-corrected chi connectivity index (χ4v) is 12.9. The molecule has 0 amide bonds. The Bertz CT molecular complexity index is 1830. The minimum atomic E-state index is -0.953. The van der Waals surface area contributed by atoms with E-state index in [2.05, 4.69) is 27.7 Å². The Labute approximate surface area is 677 Å². The molecule has 0 aromatic carbocycles. The number of esters is 6. The second-order valence-electron chi connectivity index (χ2n) is 30.0. The molecule has 626 valence electrons. The van der Waals surface area contributed by atoms with Crippen molar-refractivity contribution in [3.63, 3.8) is 0 Å². The first-order valence-corrected chi connectivity index (χ1v) is 47.2. The Kier molecular flexibility index (Phi) is 92.6. The van der Waals surface area contributed by atoms with Crippen LogP contribution >= 0.6 is 45.2 Å². The van der Waals surface area contributed by atoms with E-state index < -0.39 is 24.1 Å². The van der Waals surface area contributed by atoms with E-state index in [1.54, 1.807) is 22.6 Å². The molecule has 0 atom stereocenters. The number of carboxylic acids is 1. The zero-order valence-electron chi connectivity index (χ0n) is 68.8. The number of ketones is 1. The normalized spacial score (nSPS) is 12.8. The monoisotopic (exact) mass is 1730 g/mol. The summed E-state index contributed by atoms with van der Waals surface area (Å²) in [5.41, 5.74) is 0. The van der Waals surface area contributed by atoms with Crippen molar-refractivity contribution in [1.82, 2.24) is 0 Å². The van der Waals surface area contributed by atoms with Gasteiger partial charge in [-0.05, 0) is 51.4 Å². The first-order valence-electron chi connectivity index (χ1n) is 44.2. The molecule has 1 aliphatic carbocycles. The van der Waals surface area contributed by atoms with Gasteiger partial charge in [-0.3, -0.25) is 38.4 Å². The molecule has 16 nitrogen and oxygen atoms in total. The second-order valence-corrected chi connectivity index (χ2v) is 31.5. The molecular weight excluding hydrogens is 1570 g/mol. The van der Waals surface area contributed by atoms with Crippen LogP contribution in [-0.4, -0.2) is 112 Å². The lowest BCUT2D eigenvalue weighted by molar-refractivity contribution is -0.165. The number of halogens is 2. The van der Waals surface area contributed by atoms with Gasteiger partial charge in [0.15, 0.2) is 6.10 Å². The van der Waals surface area contributed by atoms with E-state index in [0.29, 0.717) is 44.5 Å². The molecule has 0 radical (unpaired) electrons. The van der Waals surface area contributed by atoms with E-state index in [0.717, 1.165) is 103 Å². The molecule has 0 spiro atoms. The van der Waals surface area contributed by atoms with Gasteiger partial charge < -0.3 is 38.6 Å². The number of hydrogen-bond acceptors (Lipinski definition) is 15. The molecule has 1 saturated carbocycles. The second kappa shape index (κ2) is 91.3. The van der Waals surface area contributed by atoms with E-state index in [1.165, 1.54) is 295 Å². The minimum absolute atomic E-state index is 0.0188. The maximum Gasteiger partial charge on any atom is 0.316 e. The van der Waals surface area contributed by atoms with Crippen LogP contribution in [0.25, 0.3) is 0 Å². The van der Waals surface area contributed by atoms with Crippen molar-refractivity contribution in [3.8, 4) is 0 Å². The van der Waals surface area contributed by atoms with Crippen LogP contribution in [0.5, 0.6) is 0 Å². The fraction of sp³-hybridized carbons (Fsp3) is 0.909. The summed E-state index contributed by atoms with van der Waals surface area (Å²) in [6.07, 6.45) is 77.1. The summed E-state index contributed by atoms with van der Waals surface area (Å²) in [4.78, 5) is 90.7. The van der Waals surface area contributed by atoms with Crippen molar-refractivity contribution in [2.24, 2.45) is 0 Å². The van der Waals surface area contributed by atoms with Gasteiger partial charge in [0.2, 0.25) is 0 Å². The highest BCUT2D eigenvalue weighted by Crippen LogP contribution is 2.20. The predicted octanol–water partition coefficient (Wildman–Crippen LogP) is 25.7. The molecule has 1 heterocycles. The Balaban J connectivity index is -0.00000154. The summed E-state index contributed by atoms with van der Waals surface area (Å²) in [7, 11) is 0. The van der Waals surface area contributed by atoms with Gasteiger partial charge in [-0.15, -0.1) is 0 Å². The minimum Gasteiger partial charge on any atom is -0.481 e. The fourth-order valence-electron chi connectivity index (χ4n) is 12.7. The Hall–Kier alpha value is -2.62. The van der Waals surface area contributed by atoms with Crippen molar-refractivity contribution < 1.29 is 77.0 Å². The number of hydrogen-bond donors (Lipinski definition) is 2. The van der Waals surface area contributed by atoms with Crippen LogP contribution in [0.15, 0.2) is 0 Å². The molecule has 1 saturated heterocycles. The molecular formula is C88H164I2O16. The quantitative estimate of drug-likeness (QED) is 0.0144. The van der Waals surface area contributed by atoms with Crippen LogP contribution in [-0.2, 0) is 66.8 Å². The number of unbranched alkanes of at least 4 members (excludes halogenated alkanes) is 48. The van der Waals surface area contributed by atoms with Gasteiger partial charge in [0.25, 0.3) is 0 Å². The first-order chi connectivity index (χ1) is 51.7. The summed E-state index contributed by atoms with van der Waals surface area (Å²) in [5.74, 6) is -1.84. The number of aliphatic hydroxyl groups is 1. The van der Waals surface area contributed by atoms with E-state index in [9.17, 15) is 43.5 Å². The molecule has 0 unspecified atom stereocenters. The van der Waals surface area contributed by atoms with Crippen LogP contribution < -0.4 is 0 Å². The third-order valence-electron chi connectivity index (χ3n) is 19.4. The van der Waals surface area contributed by atoms with Crippen molar-refractivity contribution in [2.75, 3.05) is 41.9 Å². The van der Waals surface area contributed by atoms with Crippen molar-refractivity contribution in [1.29, 1.82) is 0 Å². The summed E-state index contributed by atoms with van der Waals surface area (Å²) in [5, 5.41) is 17.7. The SMILES string of the molecule is CCCCCCCCCCCCCCCC(=O)OCC(COC(=O)CCCCCCCCCCCCCCC)OC(=O)CI.CCCCCCCCCCCCCCCC(=O)OCC(O)COC(=O)CCCCCCCCCCCCCCC.O=C(O)CI.O=C1CCCCCC1.O=C1CCCCCCO1. The Morgan fingerprint density at radius 3 is 0.792 bits per heavy atom. The Morgan fingerprint density at radius 2 is 0.547 bits per heavy atom. The highest BCUT2D eigenvalue weighted by Gasteiger charge is 2.20. The van der Waals surface area contributed by atoms with Crippen molar-refractivity contribution >= 4 is 92.8 Å². The highest BCUT2D eigenvalue weighted by atomic mass is 127. The molecule has 18 heteroatoms. The number of aliphatic carboxylic acids is 1. The molecule has 2 aliphatic rings. The summed E-state index contributed by atoms with van der Waals surface area (Å²) >= 11 is 3.71. The highest BCUT2D eigenvalue weighted by molar-refractivity contribution is 14.1. The maximum absolute atomic E-state index is 12.2. The van der Waals surface area contributed by atoms with Crippen LogP contribution in [0, 0.1) is 0 Å². The largest absolute Gasteiger partial charge is 0.481 e. The molecule has 0 aromatic heterocycles. The summed E-state index contributed by atoms with van der Waals surface area (Å²) in [6.45, 7) is 9.30. The average molecular weight is 1730 g/mol. The van der Waals surface area contributed by atoms with E-state index in [1.807, 2.05) is 22.6 Å². The number of cyclic esters (lactones) is 1. The molecule has 2 N–H and O–H groups in total. The third-order valence-corrected chi connectivity index (χ3v) is 20.7. The lowest BCUT2D eigenvalue weighted by Crippen LogP contribution is -2.31. The van der Waals surface area contributed by atoms with Gasteiger partial charge in [0, 0.05) is 44.9 Å². The van der Waals surface area contributed by atoms with Crippen molar-refractivity contribution in [2.45, 2.75) is 470 Å². The van der Waals surface area contributed by atoms with Crippen LogP contribution in [0.3, 0.4) is 0 Å². The molecule has 1 aliphatic heterocycles. The smallest absolute Gasteiger partial charge is 0.316 e. The number of alkyl halides is 2. The summed E-state index contributed by atoms with van der Waals surface area (Å²) in [6, 6.07) is 0. The van der Waals surface area contributed by atoms with Gasteiger partial charge in [-0.1, -0.05) is 407 Å². The van der Waals surface area contributed by atoms with Crippen LogP contribution in [0.1, 0.15) is 458 Å². The standard InChI is InChI=1S/C37H69IO6.C35H68O5.C7H12O2.C7H12O.C2H3IO2/c1-3-5-7-9-11-13-15-17-19-21-23-25-27-29-35(39)42-32-34(44-37(41)31-38)33-43-36(40)30-28-26-24-22-20-18-16-14-12-10-8-6-4-2;1-3-5-7-9-11-13-15-17-19-21-23-25-27-29-34(37)39-31-33(36)32-40-35(38)30-28-26-24-22-20-18-16-14-12-10-8-6-4-2;8-7-5-3-1-2-4-6-9-7;8-7-5-3-1-2-4-6-7;3-1-2(4)5/h34H,3-33H2,1-2H3;33,36H,3-32H2,1-2H3;1-6H2;1-6H2;1H2,(H,4,5). The van der Waals surface area contributed by atoms with E-state index in [4.69, 9.17) is 33.5 Å². The van der Waals surface area contributed by atoms with Gasteiger partial charge in [-0.25, -0.2) is 0 Å². The number of carboxylic acid groups (broad SMARTS) is 1. The number of carbonyl (C=O) groups excluding carboxylic acids is 7. The molecule has 106 heavy (non-hydrogen) atoms. The van der Waals surface area contributed by atoms with Crippen LogP contribution in [0.4, 0.5) is 0 Å². The zero-order chi connectivity index (χ0) is 78.3. The molecule has 0 bridgehead atoms. The third kappa shape index (κ3) is 93.8. The lowest BCUT2D eigenvalue weighted by atomic mass is 10.0. The molecule has 0 aromatic rings. The molecule has 2 rings (SSSR count). The maximum atomic E-state index is 12.2. The lowest BCUT2D eigenvalue weighted by Gasteiger charge is -2.17. The Morgan fingerprint density at radius 1 is 0.321 bits per heavy atom. The number of ether oxygens (including phenoxy) is 6. The summed E-state index contributed by atoms with van der Waals surface area (Å²) < 4.78 is 31.6. The van der Waals surface area contributed by atoms with Crippen molar-refractivity contribution in [3.05, 3.63) is 0 Å². The molecule has 2 fully saturated rings. The number of aliphatic hydroxyl groups excluding tert-OH is 1.